The molecule has 4 nitrogen and oxygen atoms in total. The van der Waals surface area contributed by atoms with Crippen LogP contribution in [0.25, 0.3) is 0 Å². The Labute approximate surface area is 78.7 Å². The van der Waals surface area contributed by atoms with Gasteiger partial charge in [-0.15, -0.1) is 0 Å². The van der Waals surface area contributed by atoms with E-state index in [2.05, 4.69) is 5.10 Å². The molecule has 0 aliphatic carbocycles. The maximum Gasteiger partial charge on any atom is 0.349 e. The summed E-state index contributed by atoms with van der Waals surface area (Å²) in [6, 6.07) is 1.64. The van der Waals surface area contributed by atoms with Crippen molar-refractivity contribution in [3.63, 3.8) is 0 Å². The fraction of sp³-hybridized carbons (Fsp3) is 0.429. The SMILES string of the molecule is Cc1cc(SC(F)C(=O)O)n(C)n1. The van der Waals surface area contributed by atoms with Gasteiger partial charge in [0.1, 0.15) is 0 Å². The van der Waals surface area contributed by atoms with Crippen molar-refractivity contribution in [2.45, 2.75) is 17.5 Å². The predicted molar refractivity (Wildman–Crippen MR) is 46.3 cm³/mol. The van der Waals surface area contributed by atoms with Crippen LogP contribution < -0.4 is 0 Å². The predicted octanol–water partition coefficient (Wildman–Crippen LogP) is 1.20. The molecule has 0 aliphatic heterocycles. The molecule has 0 bridgehead atoms. The quantitative estimate of drug-likeness (QED) is 0.752. The van der Waals surface area contributed by atoms with E-state index in [4.69, 9.17) is 5.11 Å². The molecule has 0 aromatic carbocycles. The number of nitrogens with zero attached hydrogens (tertiary/aromatic N) is 2. The second kappa shape index (κ2) is 3.78. The highest BCUT2D eigenvalue weighted by atomic mass is 32.2. The lowest BCUT2D eigenvalue weighted by molar-refractivity contribution is -0.139. The van der Waals surface area contributed by atoms with Crippen molar-refractivity contribution in [3.05, 3.63) is 11.8 Å². The van der Waals surface area contributed by atoms with Crippen molar-refractivity contribution in [2.75, 3.05) is 0 Å². The van der Waals surface area contributed by atoms with Gasteiger partial charge < -0.3 is 5.11 Å². The molecule has 0 amide bonds. The molecule has 72 valence electrons. The van der Waals surface area contributed by atoms with Gasteiger partial charge in [-0.05, 0) is 13.0 Å². The first-order valence-corrected chi connectivity index (χ1v) is 4.43. The molecule has 1 atom stereocenters. The average molecular weight is 204 g/mol. The zero-order valence-corrected chi connectivity index (χ0v) is 8.01. The zero-order valence-electron chi connectivity index (χ0n) is 7.19. The topological polar surface area (TPSA) is 55.1 Å². The van der Waals surface area contributed by atoms with Gasteiger partial charge in [-0.25, -0.2) is 9.18 Å². The number of aryl methyl sites for hydroxylation is 2. The first-order chi connectivity index (χ1) is 6.00. The van der Waals surface area contributed by atoms with Gasteiger partial charge in [0.15, 0.2) is 0 Å². The standard InChI is InChI=1S/C7H9FN2O2S/c1-4-3-5(10(2)9-4)13-6(8)7(11)12/h3,6H,1-2H3,(H,11,12). The molecule has 1 N–H and O–H groups in total. The van der Waals surface area contributed by atoms with Crippen LogP contribution in [0.1, 0.15) is 5.69 Å². The lowest BCUT2D eigenvalue weighted by atomic mass is 10.5. The number of carboxylic acid groups (broad SMARTS) is 1. The van der Waals surface area contributed by atoms with Crippen LogP contribution in [-0.2, 0) is 11.8 Å². The second-order valence-electron chi connectivity index (χ2n) is 2.52. The molecule has 13 heavy (non-hydrogen) atoms. The van der Waals surface area contributed by atoms with E-state index in [0.717, 1.165) is 5.69 Å². The van der Waals surface area contributed by atoms with Crippen LogP contribution in [-0.4, -0.2) is 26.4 Å². The molecule has 0 saturated heterocycles. The fourth-order valence-electron chi connectivity index (χ4n) is 0.854. The molecule has 1 aromatic heterocycles. The van der Waals surface area contributed by atoms with Gasteiger partial charge in [-0.3, -0.25) is 4.68 Å². The number of rotatable bonds is 3. The number of halogens is 1. The summed E-state index contributed by atoms with van der Waals surface area (Å²) in [6.07, 6.45) is 0. The van der Waals surface area contributed by atoms with Gasteiger partial charge in [0.25, 0.3) is 0 Å². The van der Waals surface area contributed by atoms with Crippen molar-refractivity contribution in [1.29, 1.82) is 0 Å². The molecule has 0 radical (unpaired) electrons. The number of carboxylic acids is 1. The van der Waals surface area contributed by atoms with Gasteiger partial charge in [0, 0.05) is 7.05 Å². The first kappa shape index (κ1) is 10.0. The van der Waals surface area contributed by atoms with Crippen molar-refractivity contribution in [2.24, 2.45) is 7.05 Å². The van der Waals surface area contributed by atoms with Crippen molar-refractivity contribution >= 4 is 17.7 Å². The minimum Gasteiger partial charge on any atom is -0.478 e. The van der Waals surface area contributed by atoms with Gasteiger partial charge in [-0.2, -0.15) is 5.10 Å². The summed E-state index contributed by atoms with van der Waals surface area (Å²) in [4.78, 5) is 10.2. The summed E-state index contributed by atoms with van der Waals surface area (Å²) in [7, 11) is 1.64. The van der Waals surface area contributed by atoms with Gasteiger partial charge in [0.05, 0.1) is 10.7 Å². The zero-order chi connectivity index (χ0) is 10.0. The third-order valence-electron chi connectivity index (χ3n) is 1.38. The minimum absolute atomic E-state index is 0.507. The third-order valence-corrected chi connectivity index (χ3v) is 2.41. The number of aromatic nitrogens is 2. The van der Waals surface area contributed by atoms with E-state index < -0.39 is 11.5 Å². The molecule has 0 aliphatic rings. The molecule has 0 fully saturated rings. The van der Waals surface area contributed by atoms with Crippen LogP contribution in [0.15, 0.2) is 11.1 Å². The molecule has 1 aromatic rings. The van der Waals surface area contributed by atoms with Crippen molar-refractivity contribution in [3.8, 4) is 0 Å². The Morgan fingerprint density at radius 1 is 1.85 bits per heavy atom. The van der Waals surface area contributed by atoms with Crippen LogP contribution in [0.5, 0.6) is 0 Å². The highest BCUT2D eigenvalue weighted by molar-refractivity contribution is 8.00. The van der Waals surface area contributed by atoms with E-state index in [1.54, 1.807) is 20.0 Å². The van der Waals surface area contributed by atoms with Crippen LogP contribution in [0.3, 0.4) is 0 Å². The lowest BCUT2D eigenvalue weighted by Crippen LogP contribution is -2.10. The van der Waals surface area contributed by atoms with Gasteiger partial charge in [-0.1, -0.05) is 11.8 Å². The number of carbonyl (C=O) groups is 1. The minimum atomic E-state index is -1.94. The Bertz CT molecular complexity index is 326. The van der Waals surface area contributed by atoms with Crippen LogP contribution >= 0.6 is 11.8 Å². The van der Waals surface area contributed by atoms with Crippen molar-refractivity contribution < 1.29 is 14.3 Å². The average Bonchev–Trinajstić information content (AvgIpc) is 2.30. The number of hydrogen-bond acceptors (Lipinski definition) is 3. The van der Waals surface area contributed by atoms with E-state index in [1.807, 2.05) is 0 Å². The van der Waals surface area contributed by atoms with E-state index in [-0.39, 0.29) is 0 Å². The Hall–Kier alpha value is -1.04. The number of alkyl halides is 1. The van der Waals surface area contributed by atoms with Gasteiger partial charge in [0.2, 0.25) is 5.50 Å². The first-order valence-electron chi connectivity index (χ1n) is 3.55. The molecular weight excluding hydrogens is 195 g/mol. The smallest absolute Gasteiger partial charge is 0.349 e. The van der Waals surface area contributed by atoms with Crippen LogP contribution in [0.4, 0.5) is 4.39 Å². The largest absolute Gasteiger partial charge is 0.478 e. The lowest BCUT2D eigenvalue weighted by Gasteiger charge is -2.01. The molecule has 1 heterocycles. The van der Waals surface area contributed by atoms with E-state index in [9.17, 15) is 9.18 Å². The molecule has 1 unspecified atom stereocenters. The summed E-state index contributed by atoms with van der Waals surface area (Å²) in [5, 5.41) is 12.8. The summed E-state index contributed by atoms with van der Waals surface area (Å²) < 4.78 is 14.2. The Balaban J connectivity index is 2.74. The van der Waals surface area contributed by atoms with E-state index in [0.29, 0.717) is 16.8 Å². The molecule has 6 heteroatoms. The Morgan fingerprint density at radius 3 is 2.85 bits per heavy atom. The number of aliphatic carboxylic acids is 1. The normalized spacial score (nSPS) is 12.8. The summed E-state index contributed by atoms with van der Waals surface area (Å²) in [5.74, 6) is -1.47. The van der Waals surface area contributed by atoms with Gasteiger partial charge >= 0.3 is 5.97 Å². The summed E-state index contributed by atoms with van der Waals surface area (Å²) in [6.45, 7) is 1.76. The molecule has 0 saturated carbocycles. The van der Waals surface area contributed by atoms with Crippen LogP contribution in [0.2, 0.25) is 0 Å². The fourth-order valence-corrected chi connectivity index (χ4v) is 1.60. The Morgan fingerprint density at radius 2 is 2.46 bits per heavy atom. The third kappa shape index (κ3) is 2.45. The number of hydrogen-bond donors (Lipinski definition) is 1. The maximum absolute atomic E-state index is 12.7. The van der Waals surface area contributed by atoms with Crippen LogP contribution in [0, 0.1) is 6.92 Å². The van der Waals surface area contributed by atoms with E-state index in [1.165, 1.54) is 4.68 Å². The maximum atomic E-state index is 12.7. The molecular formula is C7H9FN2O2S. The van der Waals surface area contributed by atoms with Crippen molar-refractivity contribution in [1.82, 2.24) is 9.78 Å². The highest BCUT2D eigenvalue weighted by Crippen LogP contribution is 2.24. The molecule has 1 rings (SSSR count). The Kier molecular flexibility index (Phi) is 2.92. The summed E-state index contributed by atoms with van der Waals surface area (Å²) in [5.41, 5.74) is -1.20. The summed E-state index contributed by atoms with van der Waals surface area (Å²) >= 11 is 0.633. The highest BCUT2D eigenvalue weighted by Gasteiger charge is 2.19. The monoisotopic (exact) mass is 204 g/mol. The second-order valence-corrected chi connectivity index (χ2v) is 3.59. The number of thioether (sulfide) groups is 1. The molecule has 0 spiro atoms. The van der Waals surface area contributed by atoms with E-state index >= 15 is 0 Å².